The summed E-state index contributed by atoms with van der Waals surface area (Å²) in [4.78, 5) is 26.6. The summed E-state index contributed by atoms with van der Waals surface area (Å²) < 4.78 is 5.55. The van der Waals surface area contributed by atoms with Crippen molar-refractivity contribution in [3.63, 3.8) is 0 Å². The van der Waals surface area contributed by atoms with Crippen LogP contribution in [0.25, 0.3) is 0 Å². The maximum atomic E-state index is 13.5. The van der Waals surface area contributed by atoms with Gasteiger partial charge in [0, 0.05) is 0 Å². The van der Waals surface area contributed by atoms with Crippen LogP contribution in [0.4, 0.5) is 4.79 Å². The molecule has 0 fully saturated rings. The fourth-order valence-corrected chi connectivity index (χ4v) is 9.30. The van der Waals surface area contributed by atoms with Crippen LogP contribution in [0.15, 0.2) is 133 Å². The molecule has 4 aromatic rings. The predicted molar refractivity (Wildman–Crippen MR) is 155 cm³/mol. The summed E-state index contributed by atoms with van der Waals surface area (Å²) in [5.74, 6) is -0.434. The summed E-state index contributed by atoms with van der Waals surface area (Å²) in [6.45, 7) is 2.03. The third kappa shape index (κ3) is 4.98. The molecule has 0 radical (unpaired) electrons. The summed E-state index contributed by atoms with van der Waals surface area (Å²) in [6.07, 6.45) is 0.454. The number of benzene rings is 4. The first kappa shape index (κ1) is 25.4. The number of rotatable bonds is 8. The van der Waals surface area contributed by atoms with Crippen molar-refractivity contribution in [2.45, 2.75) is 13.0 Å². The van der Waals surface area contributed by atoms with Gasteiger partial charge in [-0.1, -0.05) is 84.9 Å². The normalized spacial score (nSPS) is 15.4. The Kier molecular flexibility index (Phi) is 7.67. The lowest BCUT2D eigenvalue weighted by Gasteiger charge is -2.33. The molecule has 38 heavy (non-hydrogen) atoms. The number of carbonyl (C=O) groups excluding carboxylic acids is 2. The molecular formula is C32H30N2O3P+. The Bertz CT molecular complexity index is 1330. The lowest BCUT2D eigenvalue weighted by Crippen LogP contribution is -2.48. The average Bonchev–Trinajstić information content (AvgIpc) is 2.97. The second-order valence-electron chi connectivity index (χ2n) is 9.03. The Morgan fingerprint density at radius 2 is 1.18 bits per heavy atom. The SMILES string of the molecule is CCOC(=O)C1=C(C[P+](c2ccccc2)(c2ccccc2)c2ccccc2)NC(=O)N[C@@H]1c1ccccc1. The Labute approximate surface area is 223 Å². The molecule has 6 heteroatoms. The van der Waals surface area contributed by atoms with Gasteiger partial charge in [-0.2, -0.15) is 0 Å². The van der Waals surface area contributed by atoms with Gasteiger partial charge >= 0.3 is 12.0 Å². The molecule has 2 amide bonds. The van der Waals surface area contributed by atoms with Crippen molar-refractivity contribution in [3.05, 3.63) is 138 Å². The largest absolute Gasteiger partial charge is 0.463 e. The number of urea groups is 1. The van der Waals surface area contributed by atoms with Gasteiger partial charge in [0.15, 0.2) is 0 Å². The number of nitrogens with one attached hydrogen (secondary N) is 2. The maximum Gasteiger partial charge on any atom is 0.338 e. The van der Waals surface area contributed by atoms with Crippen LogP contribution in [-0.4, -0.2) is 24.8 Å². The minimum absolute atomic E-state index is 0.238. The van der Waals surface area contributed by atoms with E-state index < -0.39 is 19.3 Å². The molecule has 2 N–H and O–H groups in total. The molecule has 1 aliphatic heterocycles. The quantitative estimate of drug-likeness (QED) is 0.257. The Balaban J connectivity index is 1.79. The van der Waals surface area contributed by atoms with Gasteiger partial charge < -0.3 is 15.4 Å². The van der Waals surface area contributed by atoms with Gasteiger partial charge in [0.2, 0.25) is 0 Å². The monoisotopic (exact) mass is 521 g/mol. The molecule has 1 aliphatic rings. The van der Waals surface area contributed by atoms with Crippen molar-refractivity contribution >= 4 is 35.2 Å². The smallest absolute Gasteiger partial charge is 0.338 e. The molecule has 0 aromatic heterocycles. The van der Waals surface area contributed by atoms with Crippen LogP contribution >= 0.6 is 7.26 Å². The fraction of sp³-hybridized carbons (Fsp3) is 0.125. The van der Waals surface area contributed by atoms with Crippen LogP contribution in [0.2, 0.25) is 0 Å². The first-order valence-corrected chi connectivity index (χ1v) is 14.7. The first-order chi connectivity index (χ1) is 18.6. The number of hydrogen-bond acceptors (Lipinski definition) is 3. The Hall–Kier alpha value is -4.21. The van der Waals surface area contributed by atoms with E-state index in [0.717, 1.165) is 21.5 Å². The van der Waals surface area contributed by atoms with Crippen LogP contribution in [0.1, 0.15) is 18.5 Å². The van der Waals surface area contributed by atoms with E-state index in [1.165, 1.54) is 0 Å². The predicted octanol–water partition coefficient (Wildman–Crippen LogP) is 4.85. The fourth-order valence-electron chi connectivity index (χ4n) is 5.09. The van der Waals surface area contributed by atoms with E-state index in [9.17, 15) is 9.59 Å². The van der Waals surface area contributed by atoms with Gasteiger partial charge in [-0.15, -0.1) is 0 Å². The van der Waals surface area contributed by atoms with Gasteiger partial charge in [-0.25, -0.2) is 9.59 Å². The molecule has 4 aromatic carbocycles. The molecule has 190 valence electrons. The van der Waals surface area contributed by atoms with Crippen LogP contribution in [0.3, 0.4) is 0 Å². The zero-order chi connectivity index (χ0) is 26.4. The number of carbonyl (C=O) groups is 2. The Morgan fingerprint density at radius 1 is 0.737 bits per heavy atom. The molecule has 0 aliphatic carbocycles. The number of hydrogen-bond donors (Lipinski definition) is 2. The van der Waals surface area contributed by atoms with Gasteiger partial charge in [0.05, 0.1) is 23.9 Å². The van der Waals surface area contributed by atoms with Gasteiger partial charge in [-0.05, 0) is 48.9 Å². The highest BCUT2D eigenvalue weighted by Crippen LogP contribution is 2.57. The molecule has 0 spiro atoms. The molecule has 0 saturated carbocycles. The second kappa shape index (κ2) is 11.5. The molecule has 5 rings (SSSR count). The maximum absolute atomic E-state index is 13.5. The van der Waals surface area contributed by atoms with E-state index >= 15 is 0 Å². The van der Waals surface area contributed by atoms with E-state index in [2.05, 4.69) is 47.0 Å². The lowest BCUT2D eigenvalue weighted by atomic mass is 9.95. The highest BCUT2D eigenvalue weighted by molar-refractivity contribution is 7.95. The van der Waals surface area contributed by atoms with E-state index in [-0.39, 0.29) is 12.6 Å². The van der Waals surface area contributed by atoms with E-state index in [1.807, 2.05) is 84.9 Å². The molecule has 1 heterocycles. The number of esters is 1. The first-order valence-electron chi connectivity index (χ1n) is 12.7. The standard InChI is InChI=1S/C32H29N2O3P/c1-2-37-31(35)29-28(33-32(36)34-30(29)24-15-7-3-8-16-24)23-38(25-17-9-4-10-18-25,26-19-11-5-12-20-26)27-21-13-6-14-22-27/h3-22,30H,2,23H2,1H3,(H-,33,34,35,36)/p+1/t30-/m1/s1. The summed E-state index contributed by atoms with van der Waals surface area (Å²) in [6, 6.07) is 39.8. The molecule has 0 saturated heterocycles. The van der Waals surface area contributed by atoms with Crippen molar-refractivity contribution in [2.24, 2.45) is 0 Å². The summed E-state index contributed by atoms with van der Waals surface area (Å²) >= 11 is 0. The molecule has 0 bridgehead atoms. The summed E-state index contributed by atoms with van der Waals surface area (Å²) in [5.41, 5.74) is 1.85. The van der Waals surface area contributed by atoms with E-state index in [4.69, 9.17) is 4.74 Å². The van der Waals surface area contributed by atoms with Crippen molar-refractivity contribution < 1.29 is 14.3 Å². The van der Waals surface area contributed by atoms with Crippen molar-refractivity contribution in [3.8, 4) is 0 Å². The Morgan fingerprint density at radius 3 is 1.63 bits per heavy atom. The van der Waals surface area contributed by atoms with Crippen molar-refractivity contribution in [2.75, 3.05) is 12.8 Å². The highest BCUT2D eigenvalue weighted by atomic mass is 31.2. The topological polar surface area (TPSA) is 67.4 Å². The zero-order valence-electron chi connectivity index (χ0n) is 21.2. The van der Waals surface area contributed by atoms with Gasteiger partial charge in [0.25, 0.3) is 0 Å². The van der Waals surface area contributed by atoms with Crippen molar-refractivity contribution in [1.29, 1.82) is 0 Å². The summed E-state index contributed by atoms with van der Waals surface area (Å²) in [7, 11) is -2.37. The number of amides is 2. The van der Waals surface area contributed by atoms with Gasteiger partial charge in [0.1, 0.15) is 29.3 Å². The average molecular weight is 522 g/mol. The molecule has 1 atom stereocenters. The molecule has 5 nitrogen and oxygen atoms in total. The van der Waals surface area contributed by atoms with E-state index in [1.54, 1.807) is 6.92 Å². The third-order valence-electron chi connectivity index (χ3n) is 6.77. The number of allylic oxidation sites excluding steroid dienone is 1. The van der Waals surface area contributed by atoms with Crippen LogP contribution < -0.4 is 26.5 Å². The van der Waals surface area contributed by atoms with E-state index in [0.29, 0.717) is 17.4 Å². The summed E-state index contributed by atoms with van der Waals surface area (Å²) in [5, 5.41) is 9.48. The highest BCUT2D eigenvalue weighted by Gasteiger charge is 2.48. The van der Waals surface area contributed by atoms with Crippen molar-refractivity contribution in [1.82, 2.24) is 10.6 Å². The molecule has 0 unspecified atom stereocenters. The molecular weight excluding hydrogens is 491 g/mol. The lowest BCUT2D eigenvalue weighted by molar-refractivity contribution is -0.139. The van der Waals surface area contributed by atoms with Crippen LogP contribution in [0.5, 0.6) is 0 Å². The zero-order valence-corrected chi connectivity index (χ0v) is 22.1. The minimum Gasteiger partial charge on any atom is -0.463 e. The van der Waals surface area contributed by atoms with Crippen LogP contribution in [0, 0.1) is 0 Å². The second-order valence-corrected chi connectivity index (χ2v) is 12.5. The number of ether oxygens (including phenoxy) is 1. The third-order valence-corrected chi connectivity index (χ3v) is 11.1. The van der Waals surface area contributed by atoms with Gasteiger partial charge in [-0.3, -0.25) is 0 Å². The van der Waals surface area contributed by atoms with Crippen LogP contribution in [-0.2, 0) is 9.53 Å². The minimum atomic E-state index is -2.37.